The zero-order valence-electron chi connectivity index (χ0n) is 15.5. The number of nitrogens with zero attached hydrogens (tertiary/aromatic N) is 1. The molecule has 0 spiro atoms. The first-order valence-corrected chi connectivity index (χ1v) is 9.97. The lowest BCUT2D eigenvalue weighted by Gasteiger charge is -2.19. The number of nitrogens with two attached hydrogens (primary N) is 2. The van der Waals surface area contributed by atoms with Gasteiger partial charge in [0.15, 0.2) is 5.13 Å². The Balaban J connectivity index is 1.54. The maximum Gasteiger partial charge on any atom is 0.312 e. The Labute approximate surface area is 168 Å². The number of anilines is 2. The number of thiazole rings is 1. The van der Waals surface area contributed by atoms with E-state index in [0.717, 1.165) is 24.2 Å². The maximum atomic E-state index is 12.4. The summed E-state index contributed by atoms with van der Waals surface area (Å²) in [6.45, 7) is 1.30. The van der Waals surface area contributed by atoms with Crippen LogP contribution in [0.3, 0.4) is 0 Å². The molecule has 2 aromatic carbocycles. The minimum absolute atomic E-state index is 0.114. The molecular weight excluding hydrogens is 372 g/mol. The molecule has 6 nitrogen and oxygen atoms in total. The van der Waals surface area contributed by atoms with Gasteiger partial charge in [-0.1, -0.05) is 42.5 Å². The van der Waals surface area contributed by atoms with Crippen LogP contribution >= 0.6 is 11.3 Å². The molecule has 28 heavy (non-hydrogen) atoms. The van der Waals surface area contributed by atoms with Crippen molar-refractivity contribution in [2.24, 2.45) is 0 Å². The number of ether oxygens (including phenoxy) is 1. The van der Waals surface area contributed by atoms with Gasteiger partial charge in [-0.15, -0.1) is 11.3 Å². The van der Waals surface area contributed by atoms with Gasteiger partial charge in [0.25, 0.3) is 0 Å². The van der Waals surface area contributed by atoms with Gasteiger partial charge >= 0.3 is 5.97 Å². The minimum atomic E-state index is -0.365. The van der Waals surface area contributed by atoms with E-state index in [-0.39, 0.29) is 18.5 Å². The molecule has 146 valence electrons. The van der Waals surface area contributed by atoms with Crippen LogP contribution in [-0.4, -0.2) is 24.0 Å². The second-order valence-electron chi connectivity index (χ2n) is 6.44. The molecule has 0 unspecified atom stereocenters. The molecule has 0 fully saturated rings. The third-order valence-corrected chi connectivity index (χ3v) is 4.96. The predicted octanol–water partition coefficient (Wildman–Crippen LogP) is 2.97. The molecule has 5 N–H and O–H groups in total. The van der Waals surface area contributed by atoms with Crippen LogP contribution in [0.4, 0.5) is 10.8 Å². The van der Waals surface area contributed by atoms with Gasteiger partial charge in [-0.25, -0.2) is 4.98 Å². The molecular formula is C21H24N4O2S. The van der Waals surface area contributed by atoms with E-state index >= 15 is 0 Å². The Kier molecular flexibility index (Phi) is 7.00. The highest BCUT2D eigenvalue weighted by molar-refractivity contribution is 7.13. The SMILES string of the molecule is Nc1ccc(CCNC[C@H](OC(=O)Cc2csc(N)n2)c2ccccc2)cc1. The van der Waals surface area contributed by atoms with Gasteiger partial charge in [-0.2, -0.15) is 0 Å². The van der Waals surface area contributed by atoms with E-state index in [4.69, 9.17) is 16.2 Å². The van der Waals surface area contributed by atoms with Crippen LogP contribution in [0.25, 0.3) is 0 Å². The Hall–Kier alpha value is -2.90. The first kappa shape index (κ1) is 19.9. The molecule has 0 aliphatic carbocycles. The third-order valence-electron chi connectivity index (χ3n) is 4.24. The quantitative estimate of drug-likeness (QED) is 0.292. The number of benzene rings is 2. The monoisotopic (exact) mass is 396 g/mol. The molecule has 0 aliphatic heterocycles. The maximum absolute atomic E-state index is 12.4. The zero-order chi connectivity index (χ0) is 19.8. The predicted molar refractivity (Wildman–Crippen MR) is 113 cm³/mol. The highest BCUT2D eigenvalue weighted by Gasteiger charge is 2.17. The number of hydrogen-bond acceptors (Lipinski definition) is 7. The molecule has 1 atom stereocenters. The summed E-state index contributed by atoms with van der Waals surface area (Å²) in [7, 11) is 0. The van der Waals surface area contributed by atoms with Crippen molar-refractivity contribution in [3.63, 3.8) is 0 Å². The Morgan fingerprint density at radius 1 is 1.11 bits per heavy atom. The summed E-state index contributed by atoms with van der Waals surface area (Å²) in [5.41, 5.74) is 14.9. The average molecular weight is 397 g/mol. The summed E-state index contributed by atoms with van der Waals surface area (Å²) >= 11 is 1.32. The molecule has 0 saturated carbocycles. The van der Waals surface area contributed by atoms with Crippen LogP contribution in [0.15, 0.2) is 60.0 Å². The number of carbonyl (C=O) groups is 1. The van der Waals surface area contributed by atoms with Gasteiger partial charge in [0.1, 0.15) is 6.10 Å². The summed E-state index contributed by atoms with van der Waals surface area (Å²) in [5, 5.41) is 5.61. The summed E-state index contributed by atoms with van der Waals surface area (Å²) in [6, 6.07) is 17.6. The van der Waals surface area contributed by atoms with E-state index in [1.165, 1.54) is 16.9 Å². The minimum Gasteiger partial charge on any atom is -0.456 e. The number of esters is 1. The highest BCUT2D eigenvalue weighted by Crippen LogP contribution is 2.18. The molecule has 0 aliphatic rings. The number of carbonyl (C=O) groups excluding carboxylic acids is 1. The summed E-state index contributed by atoms with van der Waals surface area (Å²) in [4.78, 5) is 16.5. The Morgan fingerprint density at radius 3 is 2.54 bits per heavy atom. The zero-order valence-corrected chi connectivity index (χ0v) is 16.3. The number of hydrogen-bond donors (Lipinski definition) is 3. The van der Waals surface area contributed by atoms with Crippen LogP contribution in [0.5, 0.6) is 0 Å². The van der Waals surface area contributed by atoms with Crippen LogP contribution in [0.1, 0.15) is 22.9 Å². The fourth-order valence-corrected chi connectivity index (χ4v) is 3.36. The van der Waals surface area contributed by atoms with Gasteiger partial charge in [0.05, 0.1) is 12.1 Å². The van der Waals surface area contributed by atoms with Crippen LogP contribution < -0.4 is 16.8 Å². The summed E-state index contributed by atoms with van der Waals surface area (Å²) < 4.78 is 5.72. The highest BCUT2D eigenvalue weighted by atomic mass is 32.1. The van der Waals surface area contributed by atoms with Gasteiger partial charge in [0.2, 0.25) is 0 Å². The van der Waals surface area contributed by atoms with E-state index in [0.29, 0.717) is 17.4 Å². The largest absolute Gasteiger partial charge is 0.456 e. The number of nitrogen functional groups attached to an aromatic ring is 2. The van der Waals surface area contributed by atoms with Crippen molar-refractivity contribution in [1.29, 1.82) is 0 Å². The number of aromatic nitrogens is 1. The van der Waals surface area contributed by atoms with E-state index in [1.807, 2.05) is 54.6 Å². The van der Waals surface area contributed by atoms with E-state index in [1.54, 1.807) is 5.38 Å². The molecule has 0 radical (unpaired) electrons. The lowest BCUT2D eigenvalue weighted by Crippen LogP contribution is -2.27. The normalized spacial score (nSPS) is 11.9. The molecule has 0 amide bonds. The fraction of sp³-hybridized carbons (Fsp3) is 0.238. The smallest absolute Gasteiger partial charge is 0.312 e. The van der Waals surface area contributed by atoms with Gasteiger partial charge in [0, 0.05) is 17.6 Å². The molecule has 0 saturated heterocycles. The molecule has 0 bridgehead atoms. The number of nitrogens with one attached hydrogen (secondary N) is 1. The van der Waals surface area contributed by atoms with E-state index in [2.05, 4.69) is 10.3 Å². The van der Waals surface area contributed by atoms with Crippen molar-refractivity contribution < 1.29 is 9.53 Å². The average Bonchev–Trinajstić information content (AvgIpc) is 3.11. The lowest BCUT2D eigenvalue weighted by atomic mass is 10.1. The van der Waals surface area contributed by atoms with Gasteiger partial charge in [-0.3, -0.25) is 4.79 Å². The summed E-state index contributed by atoms with van der Waals surface area (Å²) in [5.74, 6) is -0.320. The molecule has 3 aromatic rings. The molecule has 7 heteroatoms. The molecule has 1 heterocycles. The Bertz CT molecular complexity index is 881. The first-order chi connectivity index (χ1) is 13.6. The second kappa shape index (κ2) is 9.87. The lowest BCUT2D eigenvalue weighted by molar-refractivity contribution is -0.148. The number of rotatable bonds is 9. The van der Waals surface area contributed by atoms with Crippen LogP contribution in [0, 0.1) is 0 Å². The van der Waals surface area contributed by atoms with Crippen molar-refractivity contribution in [3.8, 4) is 0 Å². The third kappa shape index (κ3) is 6.07. The summed E-state index contributed by atoms with van der Waals surface area (Å²) in [6.07, 6.45) is 0.618. The molecule has 3 rings (SSSR count). The van der Waals surface area contributed by atoms with Crippen LogP contribution in [-0.2, 0) is 22.4 Å². The topological polar surface area (TPSA) is 103 Å². The fourth-order valence-electron chi connectivity index (χ4n) is 2.80. The van der Waals surface area contributed by atoms with E-state index < -0.39 is 0 Å². The van der Waals surface area contributed by atoms with Crippen LogP contribution in [0.2, 0.25) is 0 Å². The van der Waals surface area contributed by atoms with Crippen molar-refractivity contribution in [1.82, 2.24) is 10.3 Å². The van der Waals surface area contributed by atoms with Crippen molar-refractivity contribution in [3.05, 3.63) is 76.8 Å². The van der Waals surface area contributed by atoms with Gasteiger partial charge < -0.3 is 21.5 Å². The van der Waals surface area contributed by atoms with E-state index in [9.17, 15) is 4.79 Å². The second-order valence-corrected chi connectivity index (χ2v) is 7.33. The van der Waals surface area contributed by atoms with Crippen molar-refractivity contribution >= 4 is 28.1 Å². The standard InChI is InChI=1S/C21H24N4O2S/c22-17-8-6-15(7-9-17)10-11-24-13-19(16-4-2-1-3-5-16)27-20(26)12-18-14-28-21(23)25-18/h1-9,14,19,24H,10-13,22H2,(H2,23,25)/t19-/m0/s1. The van der Waals surface area contributed by atoms with Crippen molar-refractivity contribution in [2.45, 2.75) is 18.9 Å². The Morgan fingerprint density at radius 2 is 1.86 bits per heavy atom. The van der Waals surface area contributed by atoms with Crippen molar-refractivity contribution in [2.75, 3.05) is 24.6 Å². The molecule has 1 aromatic heterocycles. The van der Waals surface area contributed by atoms with Gasteiger partial charge in [-0.05, 0) is 36.2 Å². The first-order valence-electron chi connectivity index (χ1n) is 9.09.